The standard InChI is InChI=1S/C10H7BrF3NO/c1-16-9-5-7(10(12,13)14)6(2-3-15)4-8(9)11/h4-5H,2H2,1H3. The molecule has 16 heavy (non-hydrogen) atoms. The zero-order valence-corrected chi connectivity index (χ0v) is 9.82. The molecule has 0 unspecified atom stereocenters. The second kappa shape index (κ2) is 4.74. The van der Waals surface area contributed by atoms with Crippen molar-refractivity contribution in [3.63, 3.8) is 0 Å². The van der Waals surface area contributed by atoms with Gasteiger partial charge in [0.15, 0.2) is 0 Å². The van der Waals surface area contributed by atoms with E-state index >= 15 is 0 Å². The van der Waals surface area contributed by atoms with E-state index in [0.29, 0.717) is 4.47 Å². The summed E-state index contributed by atoms with van der Waals surface area (Å²) in [6.07, 6.45) is -4.78. The SMILES string of the molecule is COc1cc(C(F)(F)F)c(CC#N)cc1Br. The minimum absolute atomic E-state index is 0.0670. The Morgan fingerprint density at radius 1 is 1.44 bits per heavy atom. The normalized spacial score (nSPS) is 11.0. The van der Waals surface area contributed by atoms with Crippen molar-refractivity contribution in [2.75, 3.05) is 7.11 Å². The van der Waals surface area contributed by atoms with Crippen LogP contribution in [0, 0.1) is 11.3 Å². The molecule has 0 aromatic heterocycles. The van der Waals surface area contributed by atoms with Crippen molar-refractivity contribution < 1.29 is 17.9 Å². The predicted octanol–water partition coefficient (Wildman–Crippen LogP) is 3.54. The van der Waals surface area contributed by atoms with Crippen LogP contribution in [-0.4, -0.2) is 7.11 Å². The van der Waals surface area contributed by atoms with Crippen LogP contribution >= 0.6 is 15.9 Å². The quantitative estimate of drug-likeness (QED) is 0.835. The minimum Gasteiger partial charge on any atom is -0.496 e. The van der Waals surface area contributed by atoms with Crippen molar-refractivity contribution >= 4 is 15.9 Å². The molecular formula is C10H7BrF3NO. The second-order valence-corrected chi connectivity index (χ2v) is 3.83. The molecule has 0 fully saturated rings. The predicted molar refractivity (Wildman–Crippen MR) is 55.0 cm³/mol. The van der Waals surface area contributed by atoms with E-state index in [-0.39, 0.29) is 17.7 Å². The molecular weight excluding hydrogens is 287 g/mol. The van der Waals surface area contributed by atoms with Gasteiger partial charge in [0.2, 0.25) is 0 Å². The number of nitriles is 1. The van der Waals surface area contributed by atoms with Crippen LogP contribution in [0.5, 0.6) is 5.75 Å². The van der Waals surface area contributed by atoms with Gasteiger partial charge in [-0.2, -0.15) is 18.4 Å². The zero-order chi connectivity index (χ0) is 12.3. The van der Waals surface area contributed by atoms with E-state index in [1.807, 2.05) is 0 Å². The first-order chi connectivity index (χ1) is 7.40. The van der Waals surface area contributed by atoms with Crippen LogP contribution in [0.15, 0.2) is 16.6 Å². The molecule has 1 aromatic carbocycles. The van der Waals surface area contributed by atoms with Crippen LogP contribution in [-0.2, 0) is 12.6 Å². The molecule has 1 rings (SSSR count). The number of methoxy groups -OCH3 is 1. The summed E-state index contributed by atoms with van der Waals surface area (Å²) in [6, 6.07) is 3.84. The summed E-state index contributed by atoms with van der Waals surface area (Å²) in [4.78, 5) is 0. The summed E-state index contributed by atoms with van der Waals surface area (Å²) < 4.78 is 43.1. The van der Waals surface area contributed by atoms with Crippen molar-refractivity contribution in [2.24, 2.45) is 0 Å². The van der Waals surface area contributed by atoms with Gasteiger partial charge in [0, 0.05) is 0 Å². The van der Waals surface area contributed by atoms with Gasteiger partial charge in [0.05, 0.1) is 29.6 Å². The second-order valence-electron chi connectivity index (χ2n) is 2.98. The number of hydrogen-bond acceptors (Lipinski definition) is 2. The van der Waals surface area contributed by atoms with Crippen LogP contribution in [0.3, 0.4) is 0 Å². The molecule has 1 aromatic rings. The van der Waals surface area contributed by atoms with Gasteiger partial charge in [-0.25, -0.2) is 0 Å². The van der Waals surface area contributed by atoms with E-state index in [4.69, 9.17) is 10.00 Å². The molecule has 6 heteroatoms. The molecule has 0 aliphatic carbocycles. The maximum absolute atomic E-state index is 12.6. The lowest BCUT2D eigenvalue weighted by Gasteiger charge is -2.13. The van der Waals surface area contributed by atoms with E-state index in [1.165, 1.54) is 13.2 Å². The van der Waals surface area contributed by atoms with Crippen molar-refractivity contribution in [1.82, 2.24) is 0 Å². The summed E-state index contributed by atoms with van der Waals surface area (Å²) in [5, 5.41) is 8.46. The van der Waals surface area contributed by atoms with Gasteiger partial charge in [-0.15, -0.1) is 0 Å². The Kier molecular flexibility index (Phi) is 3.81. The zero-order valence-electron chi connectivity index (χ0n) is 8.23. The Labute approximate surface area is 98.8 Å². The lowest BCUT2D eigenvalue weighted by atomic mass is 10.0. The minimum atomic E-state index is -4.49. The Balaban J connectivity index is 3.38. The first-order valence-electron chi connectivity index (χ1n) is 4.20. The average molecular weight is 294 g/mol. The fourth-order valence-electron chi connectivity index (χ4n) is 1.25. The number of hydrogen-bond donors (Lipinski definition) is 0. The van der Waals surface area contributed by atoms with Crippen LogP contribution in [0.1, 0.15) is 11.1 Å². The lowest BCUT2D eigenvalue weighted by molar-refractivity contribution is -0.138. The van der Waals surface area contributed by atoms with Gasteiger partial charge in [0.25, 0.3) is 0 Å². The summed E-state index contributed by atoms with van der Waals surface area (Å²) in [7, 11) is 1.28. The molecule has 0 radical (unpaired) electrons. The van der Waals surface area contributed by atoms with Crippen molar-refractivity contribution in [3.8, 4) is 11.8 Å². The van der Waals surface area contributed by atoms with E-state index in [2.05, 4.69) is 15.9 Å². The molecule has 0 N–H and O–H groups in total. The highest BCUT2D eigenvalue weighted by Gasteiger charge is 2.34. The number of rotatable bonds is 2. The molecule has 0 spiro atoms. The molecule has 0 saturated heterocycles. The van der Waals surface area contributed by atoms with Crippen molar-refractivity contribution in [1.29, 1.82) is 5.26 Å². The summed E-state index contributed by atoms with van der Waals surface area (Å²) in [5.41, 5.74) is -0.906. The maximum Gasteiger partial charge on any atom is 0.416 e. The monoisotopic (exact) mass is 293 g/mol. The highest BCUT2D eigenvalue weighted by atomic mass is 79.9. The third-order valence-electron chi connectivity index (χ3n) is 1.95. The number of benzene rings is 1. The fourth-order valence-corrected chi connectivity index (χ4v) is 1.80. The number of halogens is 4. The number of nitrogens with zero attached hydrogens (tertiary/aromatic N) is 1. The van der Waals surface area contributed by atoms with Crippen LogP contribution in [0.2, 0.25) is 0 Å². The maximum atomic E-state index is 12.6. The molecule has 86 valence electrons. The third kappa shape index (κ3) is 2.67. The van der Waals surface area contributed by atoms with E-state index in [1.54, 1.807) is 6.07 Å². The topological polar surface area (TPSA) is 33.0 Å². The summed E-state index contributed by atoms with van der Waals surface area (Å²) in [5.74, 6) is 0.0917. The smallest absolute Gasteiger partial charge is 0.416 e. The van der Waals surface area contributed by atoms with Gasteiger partial charge < -0.3 is 4.74 Å². The fraction of sp³-hybridized carbons (Fsp3) is 0.300. The molecule has 0 heterocycles. The van der Waals surface area contributed by atoms with Gasteiger partial charge in [-0.3, -0.25) is 0 Å². The number of ether oxygens (including phenoxy) is 1. The van der Waals surface area contributed by atoms with Crippen molar-refractivity contribution in [3.05, 3.63) is 27.7 Å². The first-order valence-corrected chi connectivity index (χ1v) is 5.00. The highest BCUT2D eigenvalue weighted by molar-refractivity contribution is 9.10. The van der Waals surface area contributed by atoms with Crippen molar-refractivity contribution in [2.45, 2.75) is 12.6 Å². The van der Waals surface area contributed by atoms with E-state index in [9.17, 15) is 13.2 Å². The largest absolute Gasteiger partial charge is 0.496 e. The summed E-state index contributed by atoms with van der Waals surface area (Å²) >= 11 is 3.08. The Hall–Kier alpha value is -1.22. The molecule has 2 nitrogen and oxygen atoms in total. The van der Waals surface area contributed by atoms with Gasteiger partial charge >= 0.3 is 6.18 Å². The molecule has 0 saturated carbocycles. The van der Waals surface area contributed by atoms with Gasteiger partial charge in [0.1, 0.15) is 5.75 Å². The van der Waals surface area contributed by atoms with Gasteiger partial charge in [-0.1, -0.05) is 0 Å². The van der Waals surface area contributed by atoms with Gasteiger partial charge in [-0.05, 0) is 33.6 Å². The van der Waals surface area contributed by atoms with Crippen LogP contribution < -0.4 is 4.74 Å². The molecule has 0 atom stereocenters. The Morgan fingerprint density at radius 3 is 2.50 bits per heavy atom. The molecule has 0 amide bonds. The molecule has 0 aliphatic rings. The third-order valence-corrected chi connectivity index (χ3v) is 2.57. The Morgan fingerprint density at radius 2 is 2.06 bits per heavy atom. The summed E-state index contributed by atoms with van der Waals surface area (Å²) in [6.45, 7) is 0. The first kappa shape index (κ1) is 12.8. The number of alkyl halides is 3. The molecule has 0 aliphatic heterocycles. The van der Waals surface area contributed by atoms with Crippen LogP contribution in [0.25, 0.3) is 0 Å². The highest BCUT2D eigenvalue weighted by Crippen LogP contribution is 2.38. The average Bonchev–Trinajstić information content (AvgIpc) is 2.16. The Bertz CT molecular complexity index is 437. The van der Waals surface area contributed by atoms with Crippen LogP contribution in [0.4, 0.5) is 13.2 Å². The lowest BCUT2D eigenvalue weighted by Crippen LogP contribution is -2.09. The molecule has 0 bridgehead atoms. The van der Waals surface area contributed by atoms with E-state index < -0.39 is 11.7 Å². The van der Waals surface area contributed by atoms with E-state index in [0.717, 1.165) is 6.07 Å².